The summed E-state index contributed by atoms with van der Waals surface area (Å²) in [5.74, 6) is 0. The van der Waals surface area contributed by atoms with Gasteiger partial charge in [0.15, 0.2) is 0 Å². The van der Waals surface area contributed by atoms with Gasteiger partial charge in [-0.3, -0.25) is 10.1 Å². The molecule has 4 nitrogen and oxygen atoms in total. The van der Waals surface area contributed by atoms with E-state index in [9.17, 15) is 10.1 Å². The summed E-state index contributed by atoms with van der Waals surface area (Å²) in [4.78, 5) is 10.6. The number of hydrogen-bond donors (Lipinski definition) is 1. The average Bonchev–Trinajstić information content (AvgIpc) is 2.45. The van der Waals surface area contributed by atoms with Crippen LogP contribution in [-0.2, 0) is 13.0 Å². The van der Waals surface area contributed by atoms with Crippen molar-refractivity contribution in [1.82, 2.24) is 0 Å². The predicted molar refractivity (Wildman–Crippen MR) is 89.0 cm³/mol. The third-order valence-corrected chi connectivity index (χ3v) is 3.88. The Morgan fingerprint density at radius 2 is 2.00 bits per heavy atom. The minimum atomic E-state index is -0.393. The Morgan fingerprint density at radius 1 is 1.24 bits per heavy atom. The maximum atomic E-state index is 11.0. The Hall–Kier alpha value is -1.59. The summed E-state index contributed by atoms with van der Waals surface area (Å²) in [5, 5.41) is 14.8. The van der Waals surface area contributed by atoms with Crippen molar-refractivity contribution in [2.24, 2.45) is 0 Å². The molecule has 0 spiro atoms. The lowest BCUT2D eigenvalue weighted by Crippen LogP contribution is -2.05. The number of halogens is 2. The van der Waals surface area contributed by atoms with Crippen molar-refractivity contribution in [2.45, 2.75) is 19.9 Å². The fourth-order valence-corrected chi connectivity index (χ4v) is 2.69. The molecule has 0 fully saturated rings. The van der Waals surface area contributed by atoms with Crippen LogP contribution in [0.3, 0.4) is 0 Å². The molecule has 0 bridgehead atoms. The third kappa shape index (κ3) is 3.95. The fourth-order valence-electron chi connectivity index (χ4n) is 2.09. The first kappa shape index (κ1) is 15.8. The molecule has 110 valence electrons. The minimum Gasteiger partial charge on any atom is -0.380 e. The molecular formula is C15H14BrClN2O2. The third-order valence-electron chi connectivity index (χ3n) is 3.16. The predicted octanol–water partition coefficient (Wildman–Crippen LogP) is 5.19. The Kier molecular flexibility index (Phi) is 5.20. The second-order valence-corrected chi connectivity index (χ2v) is 5.89. The number of benzene rings is 2. The number of hydrogen-bond acceptors (Lipinski definition) is 3. The van der Waals surface area contributed by atoms with Crippen molar-refractivity contribution in [3.63, 3.8) is 0 Å². The second kappa shape index (κ2) is 6.91. The molecule has 0 aliphatic carbocycles. The van der Waals surface area contributed by atoms with Crippen molar-refractivity contribution in [3.8, 4) is 0 Å². The number of nitro groups is 1. The first-order chi connectivity index (χ1) is 10.0. The SMILES string of the molecule is CCc1cc(Br)ccc1NCc1cc(Cl)ccc1[N+](=O)[O-]. The highest BCUT2D eigenvalue weighted by molar-refractivity contribution is 9.10. The molecule has 0 aliphatic heterocycles. The summed E-state index contributed by atoms with van der Waals surface area (Å²) in [5.41, 5.74) is 2.75. The summed E-state index contributed by atoms with van der Waals surface area (Å²) < 4.78 is 1.01. The Morgan fingerprint density at radius 3 is 2.67 bits per heavy atom. The number of nitro benzene ring substituents is 1. The van der Waals surface area contributed by atoms with Crippen LogP contribution in [0, 0.1) is 10.1 Å². The van der Waals surface area contributed by atoms with E-state index < -0.39 is 4.92 Å². The van der Waals surface area contributed by atoms with Crippen molar-refractivity contribution < 1.29 is 4.92 Å². The topological polar surface area (TPSA) is 55.2 Å². The molecule has 0 saturated carbocycles. The highest BCUT2D eigenvalue weighted by atomic mass is 79.9. The monoisotopic (exact) mass is 368 g/mol. The molecule has 21 heavy (non-hydrogen) atoms. The molecule has 2 rings (SSSR count). The zero-order valence-corrected chi connectivity index (χ0v) is 13.7. The molecule has 1 N–H and O–H groups in total. The van der Waals surface area contributed by atoms with E-state index in [4.69, 9.17) is 11.6 Å². The zero-order valence-electron chi connectivity index (χ0n) is 11.4. The van der Waals surface area contributed by atoms with Crippen LogP contribution < -0.4 is 5.32 Å². The van der Waals surface area contributed by atoms with E-state index in [1.165, 1.54) is 12.1 Å². The Balaban J connectivity index is 2.24. The van der Waals surface area contributed by atoms with Gasteiger partial charge in [0.1, 0.15) is 0 Å². The summed E-state index contributed by atoms with van der Waals surface area (Å²) in [6, 6.07) is 10.5. The van der Waals surface area contributed by atoms with Crippen LogP contribution in [0.4, 0.5) is 11.4 Å². The first-order valence-corrected chi connectivity index (χ1v) is 7.63. The van der Waals surface area contributed by atoms with Crippen LogP contribution in [0.15, 0.2) is 40.9 Å². The summed E-state index contributed by atoms with van der Waals surface area (Å²) in [6.45, 7) is 2.42. The maximum Gasteiger partial charge on any atom is 0.274 e. The van der Waals surface area contributed by atoms with Gasteiger partial charge in [-0.15, -0.1) is 0 Å². The standard InChI is InChI=1S/C15H14BrClN2O2/c1-2-10-7-12(16)3-5-14(10)18-9-11-8-13(17)4-6-15(11)19(20)21/h3-8,18H,2,9H2,1H3. The lowest BCUT2D eigenvalue weighted by molar-refractivity contribution is -0.385. The molecule has 0 heterocycles. The van der Waals surface area contributed by atoms with Crippen LogP contribution in [0.25, 0.3) is 0 Å². The summed E-state index contributed by atoms with van der Waals surface area (Å²) in [6.07, 6.45) is 0.874. The molecule has 6 heteroatoms. The van der Waals surface area contributed by atoms with Crippen molar-refractivity contribution >= 4 is 38.9 Å². The van der Waals surface area contributed by atoms with Crippen LogP contribution in [-0.4, -0.2) is 4.92 Å². The number of aryl methyl sites for hydroxylation is 1. The van der Waals surface area contributed by atoms with Crippen molar-refractivity contribution in [3.05, 3.63) is 67.1 Å². The summed E-state index contributed by atoms with van der Waals surface area (Å²) >= 11 is 9.36. The number of rotatable bonds is 5. The van der Waals surface area contributed by atoms with Gasteiger partial charge in [0.25, 0.3) is 5.69 Å². The molecule has 0 unspecified atom stereocenters. The minimum absolute atomic E-state index is 0.0714. The van der Waals surface area contributed by atoms with E-state index in [0.717, 1.165) is 22.1 Å². The highest BCUT2D eigenvalue weighted by Crippen LogP contribution is 2.26. The van der Waals surface area contributed by atoms with Crippen molar-refractivity contribution in [2.75, 3.05) is 5.32 Å². The first-order valence-electron chi connectivity index (χ1n) is 6.46. The normalized spacial score (nSPS) is 10.4. The van der Waals surface area contributed by atoms with Gasteiger partial charge in [-0.05, 0) is 42.3 Å². The second-order valence-electron chi connectivity index (χ2n) is 4.54. The quantitative estimate of drug-likeness (QED) is 0.583. The van der Waals surface area contributed by atoms with Gasteiger partial charge in [0.05, 0.1) is 10.5 Å². The Bertz CT molecular complexity index is 677. The van der Waals surface area contributed by atoms with Crippen molar-refractivity contribution in [1.29, 1.82) is 0 Å². The van der Waals surface area contributed by atoms with Gasteiger partial charge in [-0.25, -0.2) is 0 Å². The fraction of sp³-hybridized carbons (Fsp3) is 0.200. The molecule has 2 aromatic carbocycles. The lowest BCUT2D eigenvalue weighted by atomic mass is 10.1. The molecule has 2 aromatic rings. The van der Waals surface area contributed by atoms with E-state index in [2.05, 4.69) is 28.2 Å². The molecule has 0 aromatic heterocycles. The Labute approximate surface area is 136 Å². The van der Waals surface area contributed by atoms with Crippen LogP contribution in [0.2, 0.25) is 5.02 Å². The van der Waals surface area contributed by atoms with E-state index >= 15 is 0 Å². The number of nitrogens with zero attached hydrogens (tertiary/aromatic N) is 1. The van der Waals surface area contributed by atoms with Gasteiger partial charge < -0.3 is 5.32 Å². The van der Waals surface area contributed by atoms with Crippen LogP contribution in [0.5, 0.6) is 0 Å². The average molecular weight is 370 g/mol. The van der Waals surface area contributed by atoms with E-state index in [1.54, 1.807) is 6.07 Å². The number of anilines is 1. The number of nitrogens with one attached hydrogen (secondary N) is 1. The van der Waals surface area contributed by atoms with Crippen LogP contribution >= 0.6 is 27.5 Å². The van der Waals surface area contributed by atoms with E-state index in [1.807, 2.05) is 18.2 Å². The zero-order chi connectivity index (χ0) is 15.4. The molecule has 0 atom stereocenters. The van der Waals surface area contributed by atoms with Gasteiger partial charge in [-0.1, -0.05) is 34.5 Å². The molecule has 0 saturated heterocycles. The maximum absolute atomic E-state index is 11.0. The van der Waals surface area contributed by atoms with Gasteiger partial charge >= 0.3 is 0 Å². The van der Waals surface area contributed by atoms with Crippen LogP contribution in [0.1, 0.15) is 18.1 Å². The lowest BCUT2D eigenvalue weighted by Gasteiger charge is -2.12. The van der Waals surface area contributed by atoms with E-state index in [-0.39, 0.29) is 5.69 Å². The molecule has 0 amide bonds. The molecular weight excluding hydrogens is 356 g/mol. The smallest absolute Gasteiger partial charge is 0.274 e. The molecule has 0 aliphatic rings. The summed E-state index contributed by atoms with van der Waals surface area (Å²) in [7, 11) is 0. The van der Waals surface area contributed by atoms with Gasteiger partial charge in [0.2, 0.25) is 0 Å². The van der Waals surface area contributed by atoms with E-state index in [0.29, 0.717) is 17.1 Å². The van der Waals surface area contributed by atoms with Gasteiger partial charge in [-0.2, -0.15) is 0 Å². The largest absolute Gasteiger partial charge is 0.380 e. The highest BCUT2D eigenvalue weighted by Gasteiger charge is 2.14. The molecule has 0 radical (unpaired) electrons. The van der Waals surface area contributed by atoms with Gasteiger partial charge in [0, 0.05) is 27.8 Å².